The van der Waals surface area contributed by atoms with Crippen LogP contribution >= 0.6 is 11.3 Å². The van der Waals surface area contributed by atoms with Gasteiger partial charge in [-0.15, -0.1) is 11.3 Å². The van der Waals surface area contributed by atoms with Gasteiger partial charge in [-0.2, -0.15) is 0 Å². The van der Waals surface area contributed by atoms with E-state index >= 15 is 0 Å². The molecule has 0 atom stereocenters. The van der Waals surface area contributed by atoms with Crippen LogP contribution in [0.25, 0.3) is 0 Å². The number of aromatic nitrogens is 2. The molecule has 0 saturated carbocycles. The number of thiophene rings is 1. The quantitative estimate of drug-likeness (QED) is 0.846. The molecule has 0 spiro atoms. The highest BCUT2D eigenvalue weighted by atomic mass is 32.2. The number of rotatable bonds is 2. The summed E-state index contributed by atoms with van der Waals surface area (Å²) >= 11 is 1.15. The maximum Gasteiger partial charge on any atom is 0.219 e. The van der Waals surface area contributed by atoms with Crippen LogP contribution in [0.3, 0.4) is 0 Å². The van der Waals surface area contributed by atoms with Gasteiger partial charge in [0.1, 0.15) is 9.10 Å². The summed E-state index contributed by atoms with van der Waals surface area (Å²) in [4.78, 5) is 7.35. The Labute approximate surface area is 90.5 Å². The van der Waals surface area contributed by atoms with E-state index in [-0.39, 0.29) is 15.1 Å². The van der Waals surface area contributed by atoms with Crippen LogP contribution in [0.5, 0.6) is 0 Å². The smallest absolute Gasteiger partial charge is 0.219 e. The van der Waals surface area contributed by atoms with Gasteiger partial charge >= 0.3 is 0 Å². The van der Waals surface area contributed by atoms with Crippen LogP contribution in [-0.2, 0) is 9.84 Å². The largest absolute Gasteiger partial charge is 0.368 e. The van der Waals surface area contributed by atoms with Crippen molar-refractivity contribution in [1.82, 2.24) is 9.97 Å². The summed E-state index contributed by atoms with van der Waals surface area (Å²) in [7, 11) is -3.47. The molecule has 0 aliphatic heterocycles. The Balaban J connectivity index is 2.52. The van der Waals surface area contributed by atoms with Gasteiger partial charge in [0.2, 0.25) is 15.8 Å². The van der Waals surface area contributed by atoms with E-state index in [1.54, 1.807) is 11.4 Å². The molecular formula is C8H7N3O2S2. The monoisotopic (exact) mass is 241 g/mol. The number of nitrogen functional groups attached to an aromatic ring is 1. The molecule has 2 aromatic heterocycles. The first-order valence-electron chi connectivity index (χ1n) is 3.97. The summed E-state index contributed by atoms with van der Waals surface area (Å²) in [5.74, 6) is 0.0557. The van der Waals surface area contributed by atoms with Crippen LogP contribution in [0, 0.1) is 0 Å². The summed E-state index contributed by atoms with van der Waals surface area (Å²) in [6.45, 7) is 0. The van der Waals surface area contributed by atoms with Gasteiger partial charge in [0.15, 0.2) is 0 Å². The Morgan fingerprint density at radius 1 is 1.27 bits per heavy atom. The van der Waals surface area contributed by atoms with Crippen LogP contribution in [0.4, 0.5) is 5.95 Å². The maximum atomic E-state index is 11.9. The lowest BCUT2D eigenvalue weighted by Gasteiger charge is -2.00. The van der Waals surface area contributed by atoms with Crippen molar-refractivity contribution < 1.29 is 8.42 Å². The molecule has 0 fully saturated rings. The predicted octanol–water partition coefficient (Wildman–Crippen LogP) is 0.953. The molecule has 0 aliphatic rings. The Hall–Kier alpha value is -1.47. The van der Waals surface area contributed by atoms with Crippen molar-refractivity contribution in [1.29, 1.82) is 0 Å². The van der Waals surface area contributed by atoms with E-state index in [2.05, 4.69) is 9.97 Å². The Bertz CT molecular complexity index is 546. The lowest BCUT2D eigenvalue weighted by Crippen LogP contribution is -2.03. The maximum absolute atomic E-state index is 11.9. The summed E-state index contributed by atoms with van der Waals surface area (Å²) in [5.41, 5.74) is 5.27. The number of anilines is 1. The van der Waals surface area contributed by atoms with E-state index < -0.39 is 9.84 Å². The summed E-state index contributed by atoms with van der Waals surface area (Å²) < 4.78 is 24.1. The molecule has 0 saturated heterocycles. The SMILES string of the molecule is Nc1ncc(S(=O)(=O)c2cccs2)cn1. The normalized spacial score (nSPS) is 11.5. The van der Waals surface area contributed by atoms with Crippen LogP contribution in [-0.4, -0.2) is 18.4 Å². The molecule has 15 heavy (non-hydrogen) atoms. The molecule has 0 bridgehead atoms. The lowest BCUT2D eigenvalue weighted by atomic mass is 10.7. The molecule has 2 heterocycles. The summed E-state index contributed by atoms with van der Waals surface area (Å²) in [6.07, 6.45) is 2.41. The van der Waals surface area contributed by atoms with Gasteiger partial charge in [0.05, 0.1) is 12.4 Å². The molecule has 0 aromatic carbocycles. The van der Waals surface area contributed by atoms with Gasteiger partial charge in [-0.25, -0.2) is 18.4 Å². The minimum Gasteiger partial charge on any atom is -0.368 e. The van der Waals surface area contributed by atoms with E-state index in [0.29, 0.717) is 0 Å². The topological polar surface area (TPSA) is 85.9 Å². The van der Waals surface area contributed by atoms with Crippen molar-refractivity contribution in [2.75, 3.05) is 5.73 Å². The van der Waals surface area contributed by atoms with Crippen molar-refractivity contribution in [2.45, 2.75) is 9.10 Å². The van der Waals surface area contributed by atoms with Gasteiger partial charge in [-0.05, 0) is 11.4 Å². The van der Waals surface area contributed by atoms with E-state index in [9.17, 15) is 8.42 Å². The first kappa shape index (κ1) is 10.1. The Morgan fingerprint density at radius 2 is 1.93 bits per heavy atom. The third-order valence-corrected chi connectivity index (χ3v) is 4.82. The fourth-order valence-electron chi connectivity index (χ4n) is 0.997. The van der Waals surface area contributed by atoms with Gasteiger partial charge in [0.25, 0.3) is 0 Å². The molecule has 2 N–H and O–H groups in total. The minimum absolute atomic E-state index is 0.0548. The number of nitrogens with zero attached hydrogens (tertiary/aromatic N) is 2. The average Bonchev–Trinajstić information content (AvgIpc) is 2.71. The lowest BCUT2D eigenvalue weighted by molar-refractivity contribution is 0.597. The second-order valence-corrected chi connectivity index (χ2v) is 5.84. The van der Waals surface area contributed by atoms with Gasteiger partial charge < -0.3 is 5.73 Å². The second-order valence-electron chi connectivity index (χ2n) is 2.71. The molecular weight excluding hydrogens is 234 g/mol. The molecule has 78 valence electrons. The molecule has 7 heteroatoms. The van der Waals surface area contributed by atoms with E-state index in [4.69, 9.17) is 5.73 Å². The Morgan fingerprint density at radius 3 is 2.47 bits per heavy atom. The number of nitrogens with two attached hydrogens (primary N) is 1. The fourth-order valence-corrected chi connectivity index (χ4v) is 3.28. The molecule has 0 unspecified atom stereocenters. The first-order valence-corrected chi connectivity index (χ1v) is 6.33. The summed E-state index contributed by atoms with van der Waals surface area (Å²) in [5, 5.41) is 1.70. The number of sulfone groups is 1. The highest BCUT2D eigenvalue weighted by molar-refractivity contribution is 7.93. The molecule has 0 amide bonds. The highest BCUT2D eigenvalue weighted by Crippen LogP contribution is 2.23. The summed E-state index contributed by atoms with van der Waals surface area (Å²) in [6, 6.07) is 3.21. The molecule has 2 rings (SSSR count). The third-order valence-electron chi connectivity index (χ3n) is 1.72. The van der Waals surface area contributed by atoms with Crippen molar-refractivity contribution in [3.63, 3.8) is 0 Å². The second kappa shape index (κ2) is 3.59. The average molecular weight is 241 g/mol. The molecule has 0 radical (unpaired) electrons. The highest BCUT2D eigenvalue weighted by Gasteiger charge is 2.19. The van der Waals surface area contributed by atoms with Crippen molar-refractivity contribution in [3.05, 3.63) is 29.9 Å². The van der Waals surface area contributed by atoms with E-state index in [1.165, 1.54) is 18.5 Å². The minimum atomic E-state index is -3.47. The predicted molar refractivity (Wildman–Crippen MR) is 56.2 cm³/mol. The fraction of sp³-hybridized carbons (Fsp3) is 0. The standard InChI is InChI=1S/C8H7N3O2S2/c9-8-10-4-6(5-11-8)15(12,13)7-2-1-3-14-7/h1-5H,(H2,9,10,11). The van der Waals surface area contributed by atoms with E-state index in [1.807, 2.05) is 0 Å². The third kappa shape index (κ3) is 1.83. The zero-order valence-electron chi connectivity index (χ0n) is 7.49. The van der Waals surface area contributed by atoms with Crippen LogP contribution in [0.1, 0.15) is 0 Å². The zero-order chi connectivity index (χ0) is 10.9. The van der Waals surface area contributed by atoms with Gasteiger partial charge in [0, 0.05) is 0 Å². The number of hydrogen-bond donors (Lipinski definition) is 1. The van der Waals surface area contributed by atoms with Crippen molar-refractivity contribution in [3.8, 4) is 0 Å². The first-order chi connectivity index (χ1) is 7.10. The van der Waals surface area contributed by atoms with Crippen LogP contribution < -0.4 is 5.73 Å². The molecule has 2 aromatic rings. The number of hydrogen-bond acceptors (Lipinski definition) is 6. The van der Waals surface area contributed by atoms with Crippen LogP contribution in [0.15, 0.2) is 39.0 Å². The molecule has 5 nitrogen and oxygen atoms in total. The Kier molecular flexibility index (Phi) is 2.41. The van der Waals surface area contributed by atoms with Crippen molar-refractivity contribution >= 4 is 27.1 Å². The molecule has 0 aliphatic carbocycles. The van der Waals surface area contributed by atoms with Gasteiger partial charge in [-0.3, -0.25) is 0 Å². The van der Waals surface area contributed by atoms with Gasteiger partial charge in [-0.1, -0.05) is 6.07 Å². The zero-order valence-corrected chi connectivity index (χ0v) is 9.12. The van der Waals surface area contributed by atoms with Crippen molar-refractivity contribution in [2.24, 2.45) is 0 Å². The van der Waals surface area contributed by atoms with Crippen LogP contribution in [0.2, 0.25) is 0 Å². The van der Waals surface area contributed by atoms with E-state index in [0.717, 1.165) is 11.3 Å².